The molecule has 2 rings (SSSR count). The summed E-state index contributed by atoms with van der Waals surface area (Å²) in [5.74, 6) is -3.08. The fourth-order valence-electron chi connectivity index (χ4n) is 1.80. The molecule has 0 fully saturated rings. The van der Waals surface area contributed by atoms with Gasteiger partial charge in [-0.15, -0.1) is 0 Å². The molecule has 2 aromatic rings. The van der Waals surface area contributed by atoms with Gasteiger partial charge in [-0.1, -0.05) is 30.3 Å². The predicted octanol–water partition coefficient (Wildman–Crippen LogP) is 3.32. The molecule has 0 radical (unpaired) electrons. The lowest BCUT2D eigenvalue weighted by atomic mass is 10.1. The van der Waals surface area contributed by atoms with Crippen molar-refractivity contribution >= 4 is 18.1 Å². The number of hydrogen-bond donors (Lipinski definition) is 2. The minimum absolute atomic E-state index is 0.0616. The van der Waals surface area contributed by atoms with Crippen LogP contribution in [-0.4, -0.2) is 17.2 Å². The summed E-state index contributed by atoms with van der Waals surface area (Å²) in [7, 11) is 0. The lowest BCUT2D eigenvalue weighted by Gasteiger charge is -2.08. The summed E-state index contributed by atoms with van der Waals surface area (Å²) < 4.78 is 31.5. The Morgan fingerprint density at radius 2 is 1.83 bits per heavy atom. The van der Waals surface area contributed by atoms with E-state index < -0.39 is 29.4 Å². The summed E-state index contributed by atoms with van der Waals surface area (Å²) in [5.41, 5.74) is -0.238. The molecule has 0 aliphatic carbocycles. The molecule has 0 bridgehead atoms. The number of rotatable bonds is 5. The molecule has 7 heteroatoms. The third kappa shape index (κ3) is 4.91. The van der Waals surface area contributed by atoms with Gasteiger partial charge in [0.2, 0.25) is 0 Å². The number of carboxylic acid groups (broad SMARTS) is 1. The molecule has 2 N–H and O–H groups in total. The van der Waals surface area contributed by atoms with Crippen LogP contribution in [0, 0.1) is 11.6 Å². The number of carbonyl (C=O) groups is 2. The lowest BCUT2D eigenvalue weighted by Crippen LogP contribution is -2.27. The van der Waals surface area contributed by atoms with Crippen molar-refractivity contribution in [3.05, 3.63) is 77.0 Å². The highest BCUT2D eigenvalue weighted by Gasteiger charge is 2.14. The van der Waals surface area contributed by atoms with Crippen molar-refractivity contribution in [1.82, 2.24) is 5.32 Å². The number of hydrogen-bond acceptors (Lipinski definition) is 3. The number of halogens is 2. The SMILES string of the molecule is O=C(NC(=Cc1cc(F)ccc1F)C(=O)O)OCc1ccccc1. The number of nitrogens with one attached hydrogen (secondary N) is 1. The van der Waals surface area contributed by atoms with Gasteiger partial charge in [0.25, 0.3) is 0 Å². The Morgan fingerprint density at radius 1 is 1.12 bits per heavy atom. The summed E-state index contributed by atoms with van der Waals surface area (Å²) in [5, 5.41) is 11.1. The molecule has 24 heavy (non-hydrogen) atoms. The van der Waals surface area contributed by atoms with Crippen molar-refractivity contribution < 1.29 is 28.2 Å². The van der Waals surface area contributed by atoms with Crippen LogP contribution >= 0.6 is 0 Å². The second-order valence-corrected chi connectivity index (χ2v) is 4.72. The molecule has 124 valence electrons. The van der Waals surface area contributed by atoms with Gasteiger partial charge in [-0.3, -0.25) is 5.32 Å². The van der Waals surface area contributed by atoms with E-state index in [9.17, 15) is 18.4 Å². The highest BCUT2D eigenvalue weighted by Crippen LogP contribution is 2.13. The summed E-state index contributed by atoms with van der Waals surface area (Å²) in [6.07, 6.45) is -0.214. The van der Waals surface area contributed by atoms with Gasteiger partial charge in [0.15, 0.2) is 0 Å². The summed E-state index contributed by atoms with van der Waals surface area (Å²) in [6, 6.07) is 11.3. The van der Waals surface area contributed by atoms with Crippen LogP contribution in [0.4, 0.5) is 13.6 Å². The first-order chi connectivity index (χ1) is 11.5. The topological polar surface area (TPSA) is 75.6 Å². The molecule has 0 saturated heterocycles. The monoisotopic (exact) mass is 333 g/mol. The lowest BCUT2D eigenvalue weighted by molar-refractivity contribution is -0.132. The molecule has 0 atom stereocenters. The molecule has 0 spiro atoms. The number of amides is 1. The van der Waals surface area contributed by atoms with E-state index in [0.717, 1.165) is 24.3 Å². The molecule has 2 aromatic carbocycles. The largest absolute Gasteiger partial charge is 0.477 e. The molecule has 0 saturated carbocycles. The number of carboxylic acids is 1. The maximum absolute atomic E-state index is 13.6. The van der Waals surface area contributed by atoms with E-state index in [1.165, 1.54) is 0 Å². The van der Waals surface area contributed by atoms with Gasteiger partial charge in [0.05, 0.1) is 0 Å². The Kier molecular flexibility index (Phi) is 5.62. The van der Waals surface area contributed by atoms with Crippen LogP contribution in [-0.2, 0) is 16.1 Å². The van der Waals surface area contributed by atoms with E-state index in [1.54, 1.807) is 30.3 Å². The standard InChI is InChI=1S/C17H13F2NO4/c18-13-6-7-14(19)12(8-13)9-15(16(21)22)20-17(23)24-10-11-4-2-1-3-5-11/h1-9H,10H2,(H,20,23)(H,21,22). The zero-order chi connectivity index (χ0) is 17.5. The van der Waals surface area contributed by atoms with E-state index in [2.05, 4.69) is 0 Å². The summed E-state index contributed by atoms with van der Waals surface area (Å²) in [6.45, 7) is -0.0616. The zero-order valence-corrected chi connectivity index (χ0v) is 12.3. The maximum atomic E-state index is 13.6. The Balaban J connectivity index is 2.08. The van der Waals surface area contributed by atoms with Crippen LogP contribution < -0.4 is 5.32 Å². The fourth-order valence-corrected chi connectivity index (χ4v) is 1.80. The molecule has 0 aliphatic rings. The van der Waals surface area contributed by atoms with E-state index >= 15 is 0 Å². The molecular formula is C17H13F2NO4. The third-order valence-corrected chi connectivity index (χ3v) is 2.94. The van der Waals surface area contributed by atoms with Crippen molar-refractivity contribution in [3.63, 3.8) is 0 Å². The highest BCUT2D eigenvalue weighted by molar-refractivity contribution is 5.95. The smallest absolute Gasteiger partial charge is 0.412 e. The molecule has 0 aromatic heterocycles. The Hall–Kier alpha value is -3.22. The molecule has 1 amide bonds. The van der Waals surface area contributed by atoms with Gasteiger partial charge in [-0.25, -0.2) is 18.4 Å². The van der Waals surface area contributed by atoms with E-state index in [1.807, 2.05) is 5.32 Å². The number of ether oxygens (including phenoxy) is 1. The highest BCUT2D eigenvalue weighted by atomic mass is 19.1. The minimum atomic E-state index is -1.52. The average molecular weight is 333 g/mol. The number of aliphatic carboxylic acids is 1. The average Bonchev–Trinajstić information content (AvgIpc) is 2.56. The number of carbonyl (C=O) groups excluding carboxylic acids is 1. The van der Waals surface area contributed by atoms with Crippen molar-refractivity contribution in [2.45, 2.75) is 6.61 Å². The van der Waals surface area contributed by atoms with E-state index in [0.29, 0.717) is 5.56 Å². The maximum Gasteiger partial charge on any atom is 0.412 e. The predicted molar refractivity (Wildman–Crippen MR) is 81.7 cm³/mol. The van der Waals surface area contributed by atoms with Crippen LogP contribution in [0.15, 0.2) is 54.2 Å². The fraction of sp³-hybridized carbons (Fsp3) is 0.0588. The first-order valence-corrected chi connectivity index (χ1v) is 6.83. The van der Waals surface area contributed by atoms with Crippen molar-refractivity contribution in [2.75, 3.05) is 0 Å². The second-order valence-electron chi connectivity index (χ2n) is 4.72. The van der Waals surface area contributed by atoms with E-state index in [-0.39, 0.29) is 12.2 Å². The van der Waals surface area contributed by atoms with Crippen LogP contribution in [0.3, 0.4) is 0 Å². The van der Waals surface area contributed by atoms with Gasteiger partial charge in [0, 0.05) is 5.56 Å². The van der Waals surface area contributed by atoms with Crippen molar-refractivity contribution in [3.8, 4) is 0 Å². The normalized spacial score (nSPS) is 11.0. The second kappa shape index (κ2) is 7.87. The molecule has 0 aliphatic heterocycles. The third-order valence-electron chi connectivity index (χ3n) is 2.94. The Bertz CT molecular complexity index is 775. The summed E-state index contributed by atoms with van der Waals surface area (Å²) >= 11 is 0. The zero-order valence-electron chi connectivity index (χ0n) is 12.3. The van der Waals surface area contributed by atoms with Crippen molar-refractivity contribution in [1.29, 1.82) is 0 Å². The molecule has 0 heterocycles. The van der Waals surface area contributed by atoms with Gasteiger partial charge < -0.3 is 9.84 Å². The van der Waals surface area contributed by atoms with Crippen LogP contribution in [0.5, 0.6) is 0 Å². The molecule has 5 nitrogen and oxygen atoms in total. The number of benzene rings is 2. The van der Waals surface area contributed by atoms with Gasteiger partial charge in [-0.05, 0) is 29.8 Å². The molecule has 0 unspecified atom stereocenters. The van der Waals surface area contributed by atoms with Crippen LogP contribution in [0.25, 0.3) is 6.08 Å². The number of alkyl carbamates (subject to hydrolysis) is 1. The minimum Gasteiger partial charge on any atom is -0.477 e. The van der Waals surface area contributed by atoms with Gasteiger partial charge >= 0.3 is 12.1 Å². The molecular weight excluding hydrogens is 320 g/mol. The van der Waals surface area contributed by atoms with Crippen LogP contribution in [0.2, 0.25) is 0 Å². The van der Waals surface area contributed by atoms with Gasteiger partial charge in [-0.2, -0.15) is 0 Å². The van der Waals surface area contributed by atoms with Gasteiger partial charge in [0.1, 0.15) is 23.9 Å². The van der Waals surface area contributed by atoms with Crippen molar-refractivity contribution in [2.24, 2.45) is 0 Å². The summed E-state index contributed by atoms with van der Waals surface area (Å²) in [4.78, 5) is 22.8. The quantitative estimate of drug-likeness (QED) is 0.823. The van der Waals surface area contributed by atoms with Crippen LogP contribution in [0.1, 0.15) is 11.1 Å². The first-order valence-electron chi connectivity index (χ1n) is 6.83. The van der Waals surface area contributed by atoms with E-state index in [4.69, 9.17) is 9.84 Å². The first kappa shape index (κ1) is 17.1. The Labute approximate surface area is 136 Å². The Morgan fingerprint density at radius 3 is 2.50 bits per heavy atom.